The summed E-state index contributed by atoms with van der Waals surface area (Å²) >= 11 is 6.03. The number of rotatable bonds is 6. The normalized spacial score (nSPS) is 10.7. The van der Waals surface area contributed by atoms with E-state index in [0.29, 0.717) is 48.1 Å². The summed E-state index contributed by atoms with van der Waals surface area (Å²) in [4.78, 5) is 22.1. The van der Waals surface area contributed by atoms with Crippen LogP contribution in [0.2, 0.25) is 5.15 Å². The van der Waals surface area contributed by atoms with E-state index in [1.165, 1.54) is 6.20 Å². The molecule has 0 saturated carbocycles. The molecule has 31 heavy (non-hydrogen) atoms. The molecule has 0 saturated heterocycles. The maximum atomic E-state index is 10.8. The number of alkyl halides is 3. The molecule has 3 aromatic rings. The molecular formula is C18H18ClF3N8O. The van der Waals surface area contributed by atoms with Gasteiger partial charge in [0.25, 0.3) is 0 Å². The van der Waals surface area contributed by atoms with Gasteiger partial charge >= 0.3 is 6.18 Å². The molecule has 9 nitrogen and oxygen atoms in total. The topological polar surface area (TPSA) is 121 Å². The van der Waals surface area contributed by atoms with E-state index in [-0.39, 0.29) is 0 Å². The van der Waals surface area contributed by atoms with E-state index in [2.05, 4.69) is 30.7 Å². The Balaban J connectivity index is 0.000000423. The van der Waals surface area contributed by atoms with Crippen molar-refractivity contribution in [1.82, 2.24) is 24.6 Å². The number of aromatic nitrogens is 5. The van der Waals surface area contributed by atoms with Crippen molar-refractivity contribution in [2.75, 3.05) is 23.7 Å². The molecule has 0 bridgehead atoms. The molecule has 0 radical (unpaired) electrons. The van der Waals surface area contributed by atoms with Crippen LogP contribution in [0.5, 0.6) is 0 Å². The zero-order valence-corrected chi connectivity index (χ0v) is 17.3. The number of nitrogens with zero attached hydrogens (tertiary/aromatic N) is 6. The van der Waals surface area contributed by atoms with E-state index >= 15 is 0 Å². The van der Waals surface area contributed by atoms with Gasteiger partial charge in [0.05, 0.1) is 5.56 Å². The first kappa shape index (κ1) is 23.8. The molecule has 3 heterocycles. The minimum atomic E-state index is -4.64. The van der Waals surface area contributed by atoms with Gasteiger partial charge in [0.1, 0.15) is 17.0 Å². The Hall–Kier alpha value is -3.46. The quantitative estimate of drug-likeness (QED) is 0.430. The summed E-state index contributed by atoms with van der Waals surface area (Å²) in [5.74, 6) is 0.225. The van der Waals surface area contributed by atoms with Crippen LogP contribution in [-0.2, 0) is 11.2 Å². The highest BCUT2D eigenvalue weighted by Gasteiger charge is 2.33. The van der Waals surface area contributed by atoms with Gasteiger partial charge in [-0.05, 0) is 12.1 Å². The number of aryl methyl sites for hydroxylation is 1. The first-order chi connectivity index (χ1) is 14.6. The van der Waals surface area contributed by atoms with Crippen LogP contribution in [0.4, 0.5) is 24.9 Å². The standard InChI is InChI=1S/C15H15ClN8.C3H3F3O/c1-2-12-22-14-7-11(16)21-15(24(14)23-12)19-6-5-18-13-4-3-10(8-17)9-20-13;1-2(7)3(4,5)6/h3-4,7,9H,2,5-6H2,1H3,(H,18,20)(H,19,21);1H3. The number of nitrogens with one attached hydrogen (secondary N) is 2. The van der Waals surface area contributed by atoms with Crippen LogP contribution in [0.3, 0.4) is 0 Å². The van der Waals surface area contributed by atoms with Crippen LogP contribution < -0.4 is 10.6 Å². The Bertz CT molecular complexity index is 1080. The number of ketones is 1. The first-order valence-electron chi connectivity index (χ1n) is 8.98. The summed E-state index contributed by atoms with van der Waals surface area (Å²) in [6, 6.07) is 7.19. The Morgan fingerprint density at radius 2 is 1.94 bits per heavy atom. The number of fused-ring (bicyclic) bond motifs is 1. The van der Waals surface area contributed by atoms with Gasteiger partial charge in [-0.3, -0.25) is 4.79 Å². The number of hydrogen-bond donors (Lipinski definition) is 2. The van der Waals surface area contributed by atoms with Crippen molar-refractivity contribution in [3.63, 3.8) is 0 Å². The molecule has 3 aromatic heterocycles. The van der Waals surface area contributed by atoms with Crippen molar-refractivity contribution in [3.8, 4) is 6.07 Å². The largest absolute Gasteiger partial charge is 0.449 e. The molecule has 2 N–H and O–H groups in total. The van der Waals surface area contributed by atoms with Crippen molar-refractivity contribution in [2.45, 2.75) is 26.4 Å². The van der Waals surface area contributed by atoms with Gasteiger partial charge in [-0.2, -0.15) is 22.9 Å². The highest BCUT2D eigenvalue weighted by atomic mass is 35.5. The highest BCUT2D eigenvalue weighted by molar-refractivity contribution is 6.29. The molecule has 164 valence electrons. The molecule has 0 atom stereocenters. The van der Waals surface area contributed by atoms with E-state index in [9.17, 15) is 18.0 Å². The summed E-state index contributed by atoms with van der Waals surface area (Å²) in [5.41, 5.74) is 1.19. The lowest BCUT2D eigenvalue weighted by atomic mass is 10.3. The van der Waals surface area contributed by atoms with Gasteiger partial charge in [0.15, 0.2) is 11.5 Å². The maximum Gasteiger partial charge on any atom is 0.449 e. The van der Waals surface area contributed by atoms with Crippen molar-refractivity contribution >= 4 is 34.8 Å². The second-order valence-corrected chi connectivity index (χ2v) is 6.39. The van der Waals surface area contributed by atoms with Gasteiger partial charge in [-0.25, -0.2) is 15.0 Å². The van der Waals surface area contributed by atoms with Crippen molar-refractivity contribution < 1.29 is 18.0 Å². The van der Waals surface area contributed by atoms with Gasteiger partial charge in [0, 0.05) is 38.7 Å². The fourth-order valence-electron chi connectivity index (χ4n) is 2.10. The monoisotopic (exact) mass is 454 g/mol. The van der Waals surface area contributed by atoms with Gasteiger partial charge < -0.3 is 10.6 Å². The number of halogens is 4. The third-order valence-electron chi connectivity index (χ3n) is 3.66. The lowest BCUT2D eigenvalue weighted by molar-refractivity contribution is -0.168. The predicted octanol–water partition coefficient (Wildman–Crippen LogP) is 3.27. The molecule has 13 heteroatoms. The molecule has 0 unspecified atom stereocenters. The van der Waals surface area contributed by atoms with Crippen molar-refractivity contribution in [3.05, 3.63) is 40.9 Å². The lowest BCUT2D eigenvalue weighted by Crippen LogP contribution is -2.18. The van der Waals surface area contributed by atoms with E-state index < -0.39 is 12.0 Å². The molecule has 0 aliphatic carbocycles. The molecule has 0 aromatic carbocycles. The van der Waals surface area contributed by atoms with Crippen LogP contribution in [0.25, 0.3) is 5.65 Å². The number of hydrogen-bond acceptors (Lipinski definition) is 8. The first-order valence-corrected chi connectivity index (χ1v) is 9.35. The third kappa shape index (κ3) is 7.07. The van der Waals surface area contributed by atoms with E-state index in [1.54, 1.807) is 22.7 Å². The highest BCUT2D eigenvalue weighted by Crippen LogP contribution is 2.15. The zero-order valence-electron chi connectivity index (χ0n) is 16.5. The average Bonchev–Trinajstić information content (AvgIpc) is 3.14. The lowest BCUT2D eigenvalue weighted by Gasteiger charge is -2.09. The summed E-state index contributed by atoms with van der Waals surface area (Å²) in [6.45, 7) is 3.68. The molecule has 0 fully saturated rings. The number of carbonyl (C=O) groups excluding carboxylic acids is 1. The number of carbonyl (C=O) groups is 1. The fourth-order valence-corrected chi connectivity index (χ4v) is 2.28. The van der Waals surface area contributed by atoms with Crippen LogP contribution in [0.15, 0.2) is 24.4 Å². The predicted molar refractivity (Wildman–Crippen MR) is 108 cm³/mol. The Labute approximate surface area is 180 Å². The van der Waals surface area contributed by atoms with Crippen LogP contribution in [0.1, 0.15) is 25.2 Å². The zero-order chi connectivity index (χ0) is 23.0. The number of anilines is 2. The van der Waals surface area contributed by atoms with E-state index in [0.717, 1.165) is 12.2 Å². The van der Waals surface area contributed by atoms with E-state index in [1.807, 2.05) is 13.0 Å². The SMILES string of the molecule is CC(=O)C(F)(F)F.CCc1nc2cc(Cl)nc(NCCNc3ccc(C#N)cn3)n2n1. The summed E-state index contributed by atoms with van der Waals surface area (Å²) in [5, 5.41) is 19.8. The number of nitriles is 1. The molecule has 0 aliphatic rings. The number of pyridine rings is 1. The molecule has 0 spiro atoms. The fraction of sp³-hybridized carbons (Fsp3) is 0.333. The molecular weight excluding hydrogens is 437 g/mol. The van der Waals surface area contributed by atoms with Crippen molar-refractivity contribution in [2.24, 2.45) is 0 Å². The maximum absolute atomic E-state index is 10.8. The van der Waals surface area contributed by atoms with Crippen LogP contribution in [0, 0.1) is 11.3 Å². The van der Waals surface area contributed by atoms with Crippen LogP contribution in [-0.4, -0.2) is 49.6 Å². The third-order valence-corrected chi connectivity index (χ3v) is 3.85. The van der Waals surface area contributed by atoms with Crippen molar-refractivity contribution in [1.29, 1.82) is 5.26 Å². The summed E-state index contributed by atoms with van der Waals surface area (Å²) in [7, 11) is 0. The minimum absolute atomic E-state index is 0.363. The molecule has 0 aliphatic heterocycles. The molecule has 3 rings (SSSR count). The van der Waals surface area contributed by atoms with Gasteiger partial charge in [0.2, 0.25) is 11.7 Å². The number of Topliss-reactive ketones (excluding diaryl/α,β-unsaturated/α-hetero) is 1. The second-order valence-electron chi connectivity index (χ2n) is 6.01. The Kier molecular flexibility index (Phi) is 8.09. The second kappa shape index (κ2) is 10.5. The van der Waals surface area contributed by atoms with Gasteiger partial charge in [-0.1, -0.05) is 18.5 Å². The molecule has 0 amide bonds. The van der Waals surface area contributed by atoms with E-state index in [4.69, 9.17) is 16.9 Å². The summed E-state index contributed by atoms with van der Waals surface area (Å²) < 4.78 is 34.1. The van der Waals surface area contributed by atoms with Gasteiger partial charge in [-0.15, -0.1) is 5.10 Å². The Morgan fingerprint density at radius 1 is 1.26 bits per heavy atom. The summed E-state index contributed by atoms with van der Waals surface area (Å²) in [6.07, 6.45) is -2.37. The Morgan fingerprint density at radius 3 is 2.48 bits per heavy atom. The average molecular weight is 455 g/mol. The minimum Gasteiger partial charge on any atom is -0.368 e. The van der Waals surface area contributed by atoms with Crippen LogP contribution >= 0.6 is 11.6 Å². The smallest absolute Gasteiger partial charge is 0.368 e.